The fourth-order valence-corrected chi connectivity index (χ4v) is 1.92. The molecule has 17 heavy (non-hydrogen) atoms. The van der Waals surface area contributed by atoms with Gasteiger partial charge >= 0.3 is 0 Å². The first kappa shape index (κ1) is 9.84. The molecule has 1 N–H and O–H groups in total. The number of rotatable bonds is 1. The van der Waals surface area contributed by atoms with E-state index in [0.29, 0.717) is 0 Å². The summed E-state index contributed by atoms with van der Waals surface area (Å²) in [6.07, 6.45) is 1.75. The highest BCUT2D eigenvalue weighted by Crippen LogP contribution is 2.18. The Balaban J connectivity index is 2.40. The molecular formula is C13H11N3O. The van der Waals surface area contributed by atoms with Gasteiger partial charge in [0.05, 0.1) is 11.9 Å². The first-order chi connectivity index (χ1) is 8.25. The minimum atomic E-state index is -0.111. The lowest BCUT2D eigenvalue weighted by Crippen LogP contribution is -2.09. The van der Waals surface area contributed by atoms with Crippen molar-refractivity contribution < 1.29 is 0 Å². The predicted octanol–water partition coefficient (Wildman–Crippen LogP) is 2.00. The predicted molar refractivity (Wildman–Crippen MR) is 66.0 cm³/mol. The Morgan fingerprint density at radius 1 is 1.24 bits per heavy atom. The van der Waals surface area contributed by atoms with Gasteiger partial charge in [0.25, 0.3) is 5.56 Å². The van der Waals surface area contributed by atoms with E-state index in [9.17, 15) is 4.79 Å². The molecule has 3 aromatic rings. The van der Waals surface area contributed by atoms with Crippen LogP contribution in [0.3, 0.4) is 0 Å². The number of aromatic nitrogens is 3. The van der Waals surface area contributed by atoms with Crippen molar-refractivity contribution in [3.8, 4) is 11.3 Å². The molecule has 0 unspecified atom stereocenters. The van der Waals surface area contributed by atoms with Crippen molar-refractivity contribution in [3.05, 3.63) is 58.5 Å². The number of aromatic amines is 1. The van der Waals surface area contributed by atoms with E-state index in [0.717, 1.165) is 22.5 Å². The summed E-state index contributed by atoms with van der Waals surface area (Å²) in [7, 11) is 0. The van der Waals surface area contributed by atoms with Gasteiger partial charge in [-0.05, 0) is 6.92 Å². The topological polar surface area (TPSA) is 50.2 Å². The minimum Gasteiger partial charge on any atom is -0.307 e. The number of fused-ring (bicyclic) bond motifs is 1. The summed E-state index contributed by atoms with van der Waals surface area (Å²) < 4.78 is 1.76. The molecule has 0 bridgehead atoms. The van der Waals surface area contributed by atoms with Crippen LogP contribution in [-0.4, -0.2) is 14.6 Å². The molecular weight excluding hydrogens is 214 g/mol. The summed E-state index contributed by atoms with van der Waals surface area (Å²) in [5.74, 6) is 0. The zero-order valence-corrected chi connectivity index (χ0v) is 9.34. The van der Waals surface area contributed by atoms with Gasteiger partial charge in [-0.3, -0.25) is 4.79 Å². The zero-order valence-electron chi connectivity index (χ0n) is 9.34. The molecule has 0 radical (unpaired) electrons. The average Bonchev–Trinajstić information content (AvgIpc) is 2.72. The molecule has 3 rings (SSSR count). The molecule has 0 fully saturated rings. The van der Waals surface area contributed by atoms with Crippen LogP contribution in [0.25, 0.3) is 16.9 Å². The van der Waals surface area contributed by atoms with Crippen LogP contribution in [0.15, 0.2) is 47.4 Å². The lowest BCUT2D eigenvalue weighted by molar-refractivity contribution is 0.939. The van der Waals surface area contributed by atoms with Crippen LogP contribution in [0.2, 0.25) is 0 Å². The standard InChI is InChI=1S/C13H11N3O/c1-9-8-14-16-11(7-12(17)15-13(9)16)10-5-3-2-4-6-10/h2-8H,1H3,(H,15,17). The van der Waals surface area contributed by atoms with E-state index < -0.39 is 0 Å². The molecule has 2 heterocycles. The third kappa shape index (κ3) is 1.54. The smallest absolute Gasteiger partial charge is 0.251 e. The van der Waals surface area contributed by atoms with Gasteiger partial charge < -0.3 is 4.98 Å². The van der Waals surface area contributed by atoms with Crippen LogP contribution in [0, 0.1) is 6.92 Å². The molecule has 0 saturated carbocycles. The second-order valence-electron chi connectivity index (χ2n) is 3.97. The van der Waals surface area contributed by atoms with E-state index >= 15 is 0 Å². The van der Waals surface area contributed by atoms with Gasteiger partial charge in [-0.15, -0.1) is 0 Å². The Morgan fingerprint density at radius 2 is 2.00 bits per heavy atom. The Morgan fingerprint density at radius 3 is 2.76 bits per heavy atom. The molecule has 0 aliphatic heterocycles. The maximum atomic E-state index is 11.6. The van der Waals surface area contributed by atoms with Crippen LogP contribution in [0.5, 0.6) is 0 Å². The van der Waals surface area contributed by atoms with Crippen molar-refractivity contribution in [2.45, 2.75) is 6.92 Å². The van der Waals surface area contributed by atoms with E-state index in [1.807, 2.05) is 37.3 Å². The molecule has 4 heteroatoms. The Kier molecular flexibility index (Phi) is 2.08. The maximum Gasteiger partial charge on any atom is 0.251 e. The molecule has 0 atom stereocenters. The highest BCUT2D eigenvalue weighted by atomic mass is 16.1. The van der Waals surface area contributed by atoms with Crippen molar-refractivity contribution >= 4 is 5.65 Å². The lowest BCUT2D eigenvalue weighted by atomic mass is 10.1. The van der Waals surface area contributed by atoms with Gasteiger partial charge in [0.1, 0.15) is 5.65 Å². The maximum absolute atomic E-state index is 11.6. The van der Waals surface area contributed by atoms with E-state index in [-0.39, 0.29) is 5.56 Å². The summed E-state index contributed by atoms with van der Waals surface area (Å²) >= 11 is 0. The molecule has 0 aliphatic carbocycles. The van der Waals surface area contributed by atoms with Gasteiger partial charge in [-0.2, -0.15) is 5.10 Å². The summed E-state index contributed by atoms with van der Waals surface area (Å²) in [4.78, 5) is 14.4. The first-order valence-electron chi connectivity index (χ1n) is 5.39. The van der Waals surface area contributed by atoms with Gasteiger partial charge in [0.2, 0.25) is 0 Å². The zero-order chi connectivity index (χ0) is 11.8. The van der Waals surface area contributed by atoms with Crippen molar-refractivity contribution in [3.63, 3.8) is 0 Å². The van der Waals surface area contributed by atoms with E-state index in [1.54, 1.807) is 16.8 Å². The summed E-state index contributed by atoms with van der Waals surface area (Å²) in [5.41, 5.74) is 3.38. The number of benzene rings is 1. The fraction of sp³-hybridized carbons (Fsp3) is 0.0769. The van der Waals surface area contributed by atoms with Crippen molar-refractivity contribution in [1.29, 1.82) is 0 Å². The molecule has 84 valence electrons. The Labute approximate surface area is 97.5 Å². The Bertz CT molecular complexity index is 725. The number of hydrogen-bond acceptors (Lipinski definition) is 2. The molecule has 0 saturated heterocycles. The van der Waals surface area contributed by atoms with Gasteiger partial charge in [0, 0.05) is 17.2 Å². The largest absolute Gasteiger partial charge is 0.307 e. The summed E-state index contributed by atoms with van der Waals surface area (Å²) in [6.45, 7) is 1.92. The number of nitrogens with one attached hydrogen (secondary N) is 1. The van der Waals surface area contributed by atoms with Crippen LogP contribution >= 0.6 is 0 Å². The van der Waals surface area contributed by atoms with Crippen LogP contribution in [0.1, 0.15) is 5.56 Å². The number of nitrogens with zero attached hydrogens (tertiary/aromatic N) is 2. The van der Waals surface area contributed by atoms with Crippen molar-refractivity contribution in [2.24, 2.45) is 0 Å². The van der Waals surface area contributed by atoms with Crippen LogP contribution in [-0.2, 0) is 0 Å². The molecule has 0 aliphatic rings. The SMILES string of the molecule is Cc1cnn2c(-c3ccccc3)cc(=O)[nH]c12. The number of aryl methyl sites for hydroxylation is 1. The number of hydrogen-bond donors (Lipinski definition) is 1. The normalized spacial score (nSPS) is 10.9. The quantitative estimate of drug-likeness (QED) is 0.688. The van der Waals surface area contributed by atoms with Gasteiger partial charge in [-0.1, -0.05) is 30.3 Å². The van der Waals surface area contributed by atoms with E-state index in [1.165, 1.54) is 0 Å². The monoisotopic (exact) mass is 225 g/mol. The second-order valence-corrected chi connectivity index (χ2v) is 3.97. The molecule has 4 nitrogen and oxygen atoms in total. The molecule has 1 aromatic carbocycles. The third-order valence-corrected chi connectivity index (χ3v) is 2.76. The van der Waals surface area contributed by atoms with Crippen LogP contribution in [0.4, 0.5) is 0 Å². The molecule has 2 aromatic heterocycles. The molecule has 0 spiro atoms. The fourth-order valence-electron chi connectivity index (χ4n) is 1.92. The van der Waals surface area contributed by atoms with Gasteiger partial charge in [0.15, 0.2) is 0 Å². The number of H-pyrrole nitrogens is 1. The average molecular weight is 225 g/mol. The lowest BCUT2D eigenvalue weighted by Gasteiger charge is -2.04. The van der Waals surface area contributed by atoms with Crippen molar-refractivity contribution in [2.75, 3.05) is 0 Å². The summed E-state index contributed by atoms with van der Waals surface area (Å²) in [6, 6.07) is 11.3. The van der Waals surface area contributed by atoms with Gasteiger partial charge in [-0.25, -0.2) is 4.52 Å². The van der Waals surface area contributed by atoms with E-state index in [2.05, 4.69) is 10.1 Å². The Hall–Kier alpha value is -2.36. The van der Waals surface area contributed by atoms with Crippen LogP contribution < -0.4 is 5.56 Å². The highest BCUT2D eigenvalue weighted by molar-refractivity contribution is 5.63. The summed E-state index contributed by atoms with van der Waals surface area (Å²) in [5, 5.41) is 4.28. The first-order valence-corrected chi connectivity index (χ1v) is 5.39. The third-order valence-electron chi connectivity index (χ3n) is 2.76. The minimum absolute atomic E-state index is 0.111. The van der Waals surface area contributed by atoms with E-state index in [4.69, 9.17) is 0 Å². The highest BCUT2D eigenvalue weighted by Gasteiger charge is 2.07. The van der Waals surface area contributed by atoms with Crippen molar-refractivity contribution in [1.82, 2.24) is 14.6 Å². The second kappa shape index (κ2) is 3.59. The molecule has 0 amide bonds.